The minimum absolute atomic E-state index is 0.00943. The van der Waals surface area contributed by atoms with Gasteiger partial charge >= 0.3 is 6.03 Å². The molecule has 0 radical (unpaired) electrons. The van der Waals surface area contributed by atoms with Crippen molar-refractivity contribution in [2.45, 2.75) is 50.5 Å². The molecular weight excluding hydrogens is 627 g/mol. The SMILES string of the molecule is COc1cc(C(=O)N2C[C@H](N)C[C@@H](F)C2)cc2nc(-c3cc4ccc(-c5ccc(C6(C)NC(=O)NC6=O)cc5)nc4n3CC3CC3)n(C)c12. The Morgan fingerprint density at radius 1 is 1.08 bits per heavy atom. The molecule has 0 bridgehead atoms. The summed E-state index contributed by atoms with van der Waals surface area (Å²) in [5, 5.41) is 5.98. The highest BCUT2D eigenvalue weighted by atomic mass is 19.1. The van der Waals surface area contributed by atoms with E-state index in [1.54, 1.807) is 26.2 Å². The van der Waals surface area contributed by atoms with Gasteiger partial charge in [-0.25, -0.2) is 19.2 Å². The predicted octanol–water partition coefficient (Wildman–Crippen LogP) is 4.24. The number of aromatic nitrogens is 4. The normalized spacial score (nSPS) is 22.5. The van der Waals surface area contributed by atoms with Crippen LogP contribution in [0.3, 0.4) is 0 Å². The molecule has 2 saturated heterocycles. The first-order chi connectivity index (χ1) is 23.5. The molecule has 49 heavy (non-hydrogen) atoms. The van der Waals surface area contributed by atoms with E-state index < -0.39 is 23.8 Å². The van der Waals surface area contributed by atoms with Crippen molar-refractivity contribution in [3.63, 3.8) is 0 Å². The van der Waals surface area contributed by atoms with Crippen LogP contribution in [0.2, 0.25) is 0 Å². The second kappa shape index (κ2) is 11.4. The standard InChI is InChI=1S/C36H37FN8O4/c1-36(34(47)41-35(48)42-36)23-9-6-20(7-10-23)26-11-8-21-13-28(45(31(21)39-26)16-19-4-5-19)32-40-27-12-22(14-29(49-3)30(27)43(32)2)33(46)44-17-24(37)15-25(38)18-44/h6-14,19,24-25H,4-5,15-18,38H2,1-3H3,(H2,41,42,47,48)/t24-,25-,36?/m1/s1. The molecule has 3 fully saturated rings. The van der Waals surface area contributed by atoms with E-state index in [4.69, 9.17) is 20.4 Å². The van der Waals surface area contributed by atoms with E-state index >= 15 is 0 Å². The van der Waals surface area contributed by atoms with Crippen LogP contribution in [0, 0.1) is 5.92 Å². The van der Waals surface area contributed by atoms with Crippen LogP contribution in [0.5, 0.6) is 5.75 Å². The maximum atomic E-state index is 14.3. The summed E-state index contributed by atoms with van der Waals surface area (Å²) >= 11 is 0. The number of nitrogens with one attached hydrogen (secondary N) is 2. The molecule has 5 aromatic rings. The number of nitrogens with zero attached hydrogens (tertiary/aromatic N) is 5. The number of ether oxygens (including phenoxy) is 1. The number of likely N-dealkylation sites (tertiary alicyclic amines) is 1. The van der Waals surface area contributed by atoms with Gasteiger partial charge in [-0.3, -0.25) is 14.9 Å². The molecule has 12 nitrogen and oxygen atoms in total. The van der Waals surface area contributed by atoms with Crippen LogP contribution in [0.15, 0.2) is 54.6 Å². The number of urea groups is 1. The average molecular weight is 665 g/mol. The third kappa shape index (κ3) is 5.28. The van der Waals surface area contributed by atoms with Gasteiger partial charge in [-0.1, -0.05) is 24.3 Å². The zero-order chi connectivity index (χ0) is 34.2. The van der Waals surface area contributed by atoms with Gasteiger partial charge in [-0.05, 0) is 68.0 Å². The first-order valence-corrected chi connectivity index (χ1v) is 16.5. The molecule has 3 aliphatic rings. The summed E-state index contributed by atoms with van der Waals surface area (Å²) in [7, 11) is 3.49. The zero-order valence-electron chi connectivity index (χ0n) is 27.5. The lowest BCUT2D eigenvalue weighted by Gasteiger charge is -2.33. The number of imide groups is 1. The molecule has 1 aliphatic carbocycles. The maximum Gasteiger partial charge on any atom is 0.322 e. The van der Waals surface area contributed by atoms with Gasteiger partial charge in [0.25, 0.3) is 11.8 Å². The summed E-state index contributed by atoms with van der Waals surface area (Å²) in [5.74, 6) is 1.05. The smallest absolute Gasteiger partial charge is 0.322 e. The van der Waals surface area contributed by atoms with Gasteiger partial charge in [-0.15, -0.1) is 0 Å². The van der Waals surface area contributed by atoms with Crippen LogP contribution in [-0.4, -0.2) is 74.3 Å². The number of carbonyl (C=O) groups excluding carboxylic acids is 3. The molecule has 5 heterocycles. The second-order valence-electron chi connectivity index (χ2n) is 13.6. The number of hydrogen-bond acceptors (Lipinski definition) is 7. The first-order valence-electron chi connectivity index (χ1n) is 16.5. The number of amides is 4. The average Bonchev–Trinajstić information content (AvgIpc) is 3.67. The van der Waals surface area contributed by atoms with Crippen molar-refractivity contribution >= 4 is 39.9 Å². The Balaban J connectivity index is 1.18. The summed E-state index contributed by atoms with van der Waals surface area (Å²) in [5.41, 5.74) is 10.6. The number of piperidine rings is 1. The van der Waals surface area contributed by atoms with Crippen LogP contribution in [0.4, 0.5) is 9.18 Å². The van der Waals surface area contributed by atoms with Gasteiger partial charge in [0.1, 0.15) is 28.6 Å². The van der Waals surface area contributed by atoms with Gasteiger partial charge < -0.3 is 29.8 Å². The predicted molar refractivity (Wildman–Crippen MR) is 182 cm³/mol. The van der Waals surface area contributed by atoms with Crippen LogP contribution in [0.1, 0.15) is 42.1 Å². The number of rotatable bonds is 7. The lowest BCUT2D eigenvalue weighted by atomic mass is 9.91. The Kier molecular flexibility index (Phi) is 7.21. The van der Waals surface area contributed by atoms with Gasteiger partial charge in [-0.2, -0.15) is 0 Å². The molecule has 13 heteroatoms. The topological polar surface area (TPSA) is 149 Å². The Bertz CT molecular complexity index is 2160. The number of carbonyl (C=O) groups is 3. The Hall–Kier alpha value is -5.30. The quantitative estimate of drug-likeness (QED) is 0.220. The fourth-order valence-electron chi connectivity index (χ4n) is 7.18. The molecule has 2 aromatic carbocycles. The fraction of sp³-hybridized carbons (Fsp3) is 0.361. The summed E-state index contributed by atoms with van der Waals surface area (Å²) in [6.45, 7) is 2.77. The number of methoxy groups -OCH3 is 1. The monoisotopic (exact) mass is 664 g/mol. The summed E-state index contributed by atoms with van der Waals surface area (Å²) in [6, 6.07) is 16.1. The van der Waals surface area contributed by atoms with Gasteiger partial charge in [0.15, 0.2) is 5.82 Å². The molecule has 8 rings (SSSR count). The minimum atomic E-state index is -1.16. The van der Waals surface area contributed by atoms with E-state index in [-0.39, 0.29) is 24.8 Å². The third-order valence-electron chi connectivity index (χ3n) is 10.0. The third-order valence-corrected chi connectivity index (χ3v) is 10.0. The highest BCUT2D eigenvalue weighted by molar-refractivity contribution is 6.07. The molecule has 252 valence electrons. The van der Waals surface area contributed by atoms with Crippen LogP contribution < -0.4 is 21.1 Å². The van der Waals surface area contributed by atoms with E-state index in [2.05, 4.69) is 21.3 Å². The van der Waals surface area contributed by atoms with Crippen molar-refractivity contribution in [3.8, 4) is 28.5 Å². The van der Waals surface area contributed by atoms with Crippen molar-refractivity contribution < 1.29 is 23.5 Å². The molecule has 2 aliphatic heterocycles. The Labute approximate surface area is 281 Å². The number of aryl methyl sites for hydroxylation is 1. The van der Waals surface area contributed by atoms with E-state index in [0.29, 0.717) is 40.7 Å². The van der Waals surface area contributed by atoms with Gasteiger partial charge in [0.05, 0.1) is 30.6 Å². The summed E-state index contributed by atoms with van der Waals surface area (Å²) < 4.78 is 24.3. The number of nitrogens with two attached hydrogens (primary N) is 1. The molecule has 1 saturated carbocycles. The minimum Gasteiger partial charge on any atom is -0.494 e. The molecule has 4 amide bonds. The Morgan fingerprint density at radius 2 is 1.86 bits per heavy atom. The summed E-state index contributed by atoms with van der Waals surface area (Å²) in [6.07, 6.45) is 1.37. The summed E-state index contributed by atoms with van der Waals surface area (Å²) in [4.78, 5) is 49.4. The van der Waals surface area contributed by atoms with E-state index in [1.165, 1.54) is 4.90 Å². The highest BCUT2D eigenvalue weighted by Gasteiger charge is 2.43. The zero-order valence-corrected chi connectivity index (χ0v) is 27.5. The fourth-order valence-corrected chi connectivity index (χ4v) is 7.18. The Morgan fingerprint density at radius 3 is 2.53 bits per heavy atom. The molecule has 4 N–H and O–H groups in total. The van der Waals surface area contributed by atoms with E-state index in [1.807, 2.05) is 48.0 Å². The number of alkyl halides is 1. The number of fused-ring (bicyclic) bond motifs is 2. The van der Waals surface area contributed by atoms with Gasteiger partial charge in [0, 0.05) is 42.7 Å². The number of imidazole rings is 1. The van der Waals surface area contributed by atoms with E-state index in [0.717, 1.165) is 52.9 Å². The van der Waals surface area contributed by atoms with Crippen molar-refractivity contribution in [1.82, 2.24) is 34.6 Å². The van der Waals surface area contributed by atoms with Crippen LogP contribution >= 0.6 is 0 Å². The van der Waals surface area contributed by atoms with E-state index in [9.17, 15) is 18.8 Å². The van der Waals surface area contributed by atoms with Crippen LogP contribution in [-0.2, 0) is 23.9 Å². The lowest BCUT2D eigenvalue weighted by Crippen LogP contribution is -2.50. The molecule has 1 unspecified atom stereocenters. The number of halogens is 1. The maximum absolute atomic E-state index is 14.3. The lowest BCUT2D eigenvalue weighted by molar-refractivity contribution is -0.123. The van der Waals surface area contributed by atoms with Crippen molar-refractivity contribution in [2.24, 2.45) is 18.7 Å². The number of hydrogen-bond donors (Lipinski definition) is 3. The first kappa shape index (κ1) is 31.0. The highest BCUT2D eigenvalue weighted by Crippen LogP contribution is 2.38. The molecule has 0 spiro atoms. The second-order valence-corrected chi connectivity index (χ2v) is 13.6. The largest absolute Gasteiger partial charge is 0.494 e. The molecule has 3 atom stereocenters. The van der Waals surface area contributed by atoms with Crippen molar-refractivity contribution in [3.05, 3.63) is 65.7 Å². The number of pyridine rings is 1. The number of benzene rings is 2. The van der Waals surface area contributed by atoms with Crippen molar-refractivity contribution in [1.29, 1.82) is 0 Å². The molecular formula is C36H37FN8O4. The van der Waals surface area contributed by atoms with Gasteiger partial charge in [0.2, 0.25) is 0 Å². The molecule has 3 aromatic heterocycles. The van der Waals surface area contributed by atoms with Crippen LogP contribution in [0.25, 0.3) is 44.8 Å². The van der Waals surface area contributed by atoms with Crippen molar-refractivity contribution in [2.75, 3.05) is 20.2 Å².